The lowest BCUT2D eigenvalue weighted by atomic mass is 9.80. The number of piperidine rings is 1. The number of carbonyl (C=O) groups is 1. The normalized spacial score (nSPS) is 18.7. The van der Waals surface area contributed by atoms with Crippen molar-refractivity contribution in [1.29, 1.82) is 0 Å². The SMILES string of the molecule is CN1CCC(C)(CNc2ncc(N)cc2C(N)=O)CC1. The number of primary amides is 1. The zero-order valence-corrected chi connectivity index (χ0v) is 12.1. The van der Waals surface area contributed by atoms with Crippen LogP contribution in [-0.2, 0) is 0 Å². The predicted molar refractivity (Wildman–Crippen MR) is 80.5 cm³/mol. The van der Waals surface area contributed by atoms with E-state index in [4.69, 9.17) is 11.5 Å². The second-order valence-corrected chi connectivity index (χ2v) is 6.00. The van der Waals surface area contributed by atoms with Crippen molar-refractivity contribution in [3.05, 3.63) is 17.8 Å². The summed E-state index contributed by atoms with van der Waals surface area (Å²) >= 11 is 0. The van der Waals surface area contributed by atoms with E-state index in [9.17, 15) is 4.79 Å². The van der Waals surface area contributed by atoms with Crippen LogP contribution in [0.25, 0.3) is 0 Å². The van der Waals surface area contributed by atoms with Gasteiger partial charge in [0.15, 0.2) is 0 Å². The summed E-state index contributed by atoms with van der Waals surface area (Å²) in [5, 5.41) is 3.26. The van der Waals surface area contributed by atoms with Crippen molar-refractivity contribution in [2.75, 3.05) is 37.7 Å². The summed E-state index contributed by atoms with van der Waals surface area (Å²) in [6.07, 6.45) is 3.78. The molecule has 0 spiro atoms. The molecule has 20 heavy (non-hydrogen) atoms. The maximum atomic E-state index is 11.4. The second kappa shape index (κ2) is 5.66. The van der Waals surface area contributed by atoms with Crippen LogP contribution >= 0.6 is 0 Å². The molecule has 0 saturated carbocycles. The average Bonchev–Trinajstić information content (AvgIpc) is 2.41. The van der Waals surface area contributed by atoms with Crippen LogP contribution in [0.4, 0.5) is 11.5 Å². The molecule has 110 valence electrons. The number of carbonyl (C=O) groups excluding carboxylic acids is 1. The minimum Gasteiger partial charge on any atom is -0.397 e. The van der Waals surface area contributed by atoms with Gasteiger partial charge in [0.25, 0.3) is 5.91 Å². The van der Waals surface area contributed by atoms with Gasteiger partial charge in [-0.2, -0.15) is 0 Å². The largest absolute Gasteiger partial charge is 0.397 e. The summed E-state index contributed by atoms with van der Waals surface area (Å²) in [6, 6.07) is 1.56. The summed E-state index contributed by atoms with van der Waals surface area (Å²) < 4.78 is 0. The van der Waals surface area contributed by atoms with Crippen molar-refractivity contribution < 1.29 is 4.79 Å². The lowest BCUT2D eigenvalue weighted by Gasteiger charge is -2.38. The topological polar surface area (TPSA) is 97.3 Å². The summed E-state index contributed by atoms with van der Waals surface area (Å²) in [5.74, 6) is 0.00711. The summed E-state index contributed by atoms with van der Waals surface area (Å²) in [4.78, 5) is 17.9. The van der Waals surface area contributed by atoms with Crippen molar-refractivity contribution in [3.63, 3.8) is 0 Å². The zero-order valence-electron chi connectivity index (χ0n) is 12.1. The Hall–Kier alpha value is -1.82. The minimum atomic E-state index is -0.513. The Balaban J connectivity index is 2.05. The highest BCUT2D eigenvalue weighted by molar-refractivity contribution is 5.98. The first-order valence-corrected chi connectivity index (χ1v) is 6.87. The molecule has 0 atom stereocenters. The lowest BCUT2D eigenvalue weighted by Crippen LogP contribution is -2.40. The number of likely N-dealkylation sites (tertiary alicyclic amines) is 1. The van der Waals surface area contributed by atoms with Gasteiger partial charge >= 0.3 is 0 Å². The number of hydrogen-bond acceptors (Lipinski definition) is 5. The fourth-order valence-electron chi connectivity index (χ4n) is 2.44. The van der Waals surface area contributed by atoms with Gasteiger partial charge in [-0.25, -0.2) is 4.98 Å². The van der Waals surface area contributed by atoms with E-state index in [0.29, 0.717) is 17.1 Å². The maximum absolute atomic E-state index is 11.4. The molecule has 0 aromatic carbocycles. The molecule has 1 aromatic heterocycles. The Bertz CT molecular complexity index is 494. The van der Waals surface area contributed by atoms with E-state index in [0.717, 1.165) is 32.5 Å². The van der Waals surface area contributed by atoms with Crippen LogP contribution in [-0.4, -0.2) is 42.5 Å². The third-order valence-corrected chi connectivity index (χ3v) is 4.05. The highest BCUT2D eigenvalue weighted by Gasteiger charge is 2.29. The van der Waals surface area contributed by atoms with Gasteiger partial charge in [-0.1, -0.05) is 6.92 Å². The summed E-state index contributed by atoms with van der Waals surface area (Å²) in [6.45, 7) is 5.22. The maximum Gasteiger partial charge on any atom is 0.252 e. The third kappa shape index (κ3) is 3.39. The number of aromatic nitrogens is 1. The third-order valence-electron chi connectivity index (χ3n) is 4.05. The molecule has 1 fully saturated rings. The molecular weight excluding hydrogens is 254 g/mol. The number of nitrogens with one attached hydrogen (secondary N) is 1. The smallest absolute Gasteiger partial charge is 0.252 e. The molecule has 1 aliphatic heterocycles. The Labute approximate surface area is 119 Å². The van der Waals surface area contributed by atoms with Gasteiger partial charge in [-0.15, -0.1) is 0 Å². The van der Waals surface area contributed by atoms with Gasteiger partial charge in [-0.05, 0) is 44.5 Å². The van der Waals surface area contributed by atoms with E-state index >= 15 is 0 Å². The van der Waals surface area contributed by atoms with E-state index < -0.39 is 5.91 Å². The highest BCUT2D eigenvalue weighted by atomic mass is 16.1. The first-order chi connectivity index (χ1) is 9.39. The van der Waals surface area contributed by atoms with Crippen LogP contribution in [0, 0.1) is 5.41 Å². The van der Waals surface area contributed by atoms with Gasteiger partial charge in [0, 0.05) is 6.54 Å². The number of nitrogen functional groups attached to an aromatic ring is 1. The number of pyridine rings is 1. The monoisotopic (exact) mass is 277 g/mol. The Morgan fingerprint density at radius 1 is 1.50 bits per heavy atom. The van der Waals surface area contributed by atoms with Crippen LogP contribution < -0.4 is 16.8 Å². The molecule has 1 amide bonds. The first kappa shape index (κ1) is 14.6. The quantitative estimate of drug-likeness (QED) is 0.760. The zero-order chi connectivity index (χ0) is 14.8. The van der Waals surface area contributed by atoms with Gasteiger partial charge in [-0.3, -0.25) is 4.79 Å². The van der Waals surface area contributed by atoms with Crippen LogP contribution in [0.15, 0.2) is 12.3 Å². The van der Waals surface area contributed by atoms with Crippen molar-refractivity contribution in [2.45, 2.75) is 19.8 Å². The molecule has 2 rings (SSSR count). The number of amides is 1. The number of anilines is 2. The van der Waals surface area contributed by atoms with E-state index in [1.807, 2.05) is 0 Å². The molecular formula is C14H23N5O. The van der Waals surface area contributed by atoms with E-state index in [1.54, 1.807) is 6.07 Å². The van der Waals surface area contributed by atoms with Crippen molar-refractivity contribution >= 4 is 17.4 Å². The van der Waals surface area contributed by atoms with Crippen LogP contribution in [0.3, 0.4) is 0 Å². The fourth-order valence-corrected chi connectivity index (χ4v) is 2.44. The van der Waals surface area contributed by atoms with Crippen LogP contribution in [0.5, 0.6) is 0 Å². The van der Waals surface area contributed by atoms with E-state index in [-0.39, 0.29) is 5.41 Å². The molecule has 0 radical (unpaired) electrons. The Morgan fingerprint density at radius 2 is 2.15 bits per heavy atom. The Kier molecular flexibility index (Phi) is 4.13. The molecule has 1 saturated heterocycles. The Morgan fingerprint density at radius 3 is 2.75 bits per heavy atom. The second-order valence-electron chi connectivity index (χ2n) is 6.00. The molecule has 6 heteroatoms. The fraction of sp³-hybridized carbons (Fsp3) is 0.571. The van der Waals surface area contributed by atoms with Crippen molar-refractivity contribution in [1.82, 2.24) is 9.88 Å². The number of rotatable bonds is 4. The first-order valence-electron chi connectivity index (χ1n) is 6.87. The predicted octanol–water partition coefficient (Wildman–Crippen LogP) is 0.906. The van der Waals surface area contributed by atoms with Gasteiger partial charge < -0.3 is 21.7 Å². The van der Waals surface area contributed by atoms with Gasteiger partial charge in [0.2, 0.25) is 0 Å². The number of nitrogens with two attached hydrogens (primary N) is 2. The number of nitrogens with zero attached hydrogens (tertiary/aromatic N) is 2. The molecule has 1 aliphatic rings. The van der Waals surface area contributed by atoms with Crippen LogP contribution in [0.1, 0.15) is 30.1 Å². The molecule has 0 unspecified atom stereocenters. The van der Waals surface area contributed by atoms with Gasteiger partial charge in [0.05, 0.1) is 17.4 Å². The minimum absolute atomic E-state index is 0.213. The molecule has 6 nitrogen and oxygen atoms in total. The summed E-state index contributed by atoms with van der Waals surface area (Å²) in [7, 11) is 2.14. The van der Waals surface area contributed by atoms with Crippen LogP contribution in [0.2, 0.25) is 0 Å². The molecule has 0 aliphatic carbocycles. The average molecular weight is 277 g/mol. The molecule has 1 aromatic rings. The number of hydrogen-bond donors (Lipinski definition) is 3. The highest BCUT2D eigenvalue weighted by Crippen LogP contribution is 2.30. The van der Waals surface area contributed by atoms with E-state index in [2.05, 4.69) is 29.2 Å². The van der Waals surface area contributed by atoms with Crippen molar-refractivity contribution in [2.24, 2.45) is 11.1 Å². The van der Waals surface area contributed by atoms with E-state index in [1.165, 1.54) is 6.20 Å². The van der Waals surface area contributed by atoms with Gasteiger partial charge in [0.1, 0.15) is 5.82 Å². The lowest BCUT2D eigenvalue weighted by molar-refractivity contribution is 0.100. The molecule has 5 N–H and O–H groups in total. The molecule has 2 heterocycles. The molecule has 0 bridgehead atoms. The standard InChI is InChI=1S/C14H23N5O/c1-14(3-5-19(2)6-4-14)9-18-13-11(12(16)20)7-10(15)8-17-13/h7-8H,3-6,9,15H2,1-2H3,(H2,16,20)(H,17,18). The van der Waals surface area contributed by atoms with Crippen molar-refractivity contribution in [3.8, 4) is 0 Å². The summed E-state index contributed by atoms with van der Waals surface area (Å²) in [5.41, 5.74) is 12.0.